The number of benzene rings is 3. The van der Waals surface area contributed by atoms with Gasteiger partial charge in [-0.3, -0.25) is 72.5 Å². The first kappa shape index (κ1) is 65.3. The lowest BCUT2D eigenvalue weighted by molar-refractivity contribution is -0.144. The topological polar surface area (TPSA) is 322 Å². The number of nitrogens with zero attached hydrogens (tertiary/aromatic N) is 6. The van der Waals surface area contributed by atoms with Gasteiger partial charge in [0.1, 0.15) is 30.2 Å². The summed E-state index contributed by atoms with van der Waals surface area (Å²) in [4.78, 5) is 164. The van der Waals surface area contributed by atoms with Crippen LogP contribution in [0.15, 0.2) is 66.7 Å². The monoisotopic (exact) mass is 1290 g/mol. The summed E-state index contributed by atoms with van der Waals surface area (Å²) in [7, 11) is -5.94. The third-order valence-electron chi connectivity index (χ3n) is 17.7. The van der Waals surface area contributed by atoms with Crippen molar-refractivity contribution in [2.24, 2.45) is 5.73 Å². The van der Waals surface area contributed by atoms with Crippen molar-refractivity contribution in [1.29, 1.82) is 0 Å². The molecule has 3 aromatic carbocycles. The molecule has 0 radical (unpaired) electrons. The van der Waals surface area contributed by atoms with E-state index in [1.807, 2.05) is 49.9 Å². The van der Waals surface area contributed by atoms with Gasteiger partial charge < -0.3 is 46.2 Å². The summed E-state index contributed by atoms with van der Waals surface area (Å²) in [5.41, 5.74) is 2.59. The predicted octanol–water partition coefficient (Wildman–Crippen LogP) is 2.77. The van der Waals surface area contributed by atoms with E-state index in [1.165, 1.54) is 15.9 Å². The molecular weight excluding hydrogens is 1220 g/mol. The van der Waals surface area contributed by atoms with Gasteiger partial charge in [0, 0.05) is 99.7 Å². The summed E-state index contributed by atoms with van der Waals surface area (Å²) in [5, 5.41) is 10.4. The summed E-state index contributed by atoms with van der Waals surface area (Å²) in [5.74, 6) is -6.97. The number of carbonyl (C=O) groups excluding carboxylic acids is 10. The Balaban J connectivity index is 0.815. The van der Waals surface area contributed by atoms with Gasteiger partial charge in [0.05, 0.1) is 22.5 Å². The molecule has 4 aromatic rings. The summed E-state index contributed by atoms with van der Waals surface area (Å²) in [6.07, 6.45) is -3.06. The second-order valence-electron chi connectivity index (χ2n) is 24.8. The van der Waals surface area contributed by atoms with Gasteiger partial charge in [-0.25, -0.2) is 8.78 Å². The molecule has 90 heavy (non-hydrogen) atoms. The van der Waals surface area contributed by atoms with Gasteiger partial charge in [-0.05, 0) is 90.4 Å². The number of alkyl halides is 4. The molecule has 24 nitrogen and oxygen atoms in total. The molecule has 0 spiro atoms. The minimum absolute atomic E-state index is 0.00203. The minimum Gasteiger partial charge on any atom is -0.370 e. The van der Waals surface area contributed by atoms with E-state index in [0.29, 0.717) is 37.4 Å². The van der Waals surface area contributed by atoms with Crippen LogP contribution < -0.4 is 31.9 Å². The maximum Gasteiger partial charge on any atom is 0.399 e. The third-order valence-corrected chi connectivity index (χ3v) is 19.8. The van der Waals surface area contributed by atoms with E-state index in [-0.39, 0.29) is 109 Å². The van der Waals surface area contributed by atoms with E-state index in [2.05, 4.69) is 26.2 Å². The number of rotatable bonds is 19. The number of piperazine rings is 1. The van der Waals surface area contributed by atoms with E-state index >= 15 is 0 Å². The Hall–Kier alpha value is -7.69. The zero-order valence-electron chi connectivity index (χ0n) is 49.5. The lowest BCUT2D eigenvalue weighted by Crippen LogP contribution is -2.65. The first-order valence-corrected chi connectivity index (χ1v) is 32.1. The molecule has 5 fully saturated rings. The van der Waals surface area contributed by atoms with Gasteiger partial charge in [-0.1, -0.05) is 51.1 Å². The number of halogens is 4. The number of piperidine rings is 1. The summed E-state index contributed by atoms with van der Waals surface area (Å²) >= 11 is 0.809. The maximum absolute atomic E-state index is 14.8. The third kappa shape index (κ3) is 13.8. The van der Waals surface area contributed by atoms with Gasteiger partial charge in [0.2, 0.25) is 41.4 Å². The van der Waals surface area contributed by atoms with Crippen molar-refractivity contribution >= 4 is 93.8 Å². The molecule has 7 heterocycles. The highest BCUT2D eigenvalue weighted by atomic mass is 32.1. The van der Waals surface area contributed by atoms with E-state index in [4.69, 9.17) is 5.73 Å². The van der Waals surface area contributed by atoms with Crippen molar-refractivity contribution in [3.63, 3.8) is 0 Å². The number of hydrogen-bond donors (Lipinski definition) is 7. The van der Waals surface area contributed by atoms with Crippen molar-refractivity contribution in [3.05, 3.63) is 99.4 Å². The highest BCUT2D eigenvalue weighted by Crippen LogP contribution is 2.59. The Morgan fingerprint density at radius 1 is 0.789 bits per heavy atom. The lowest BCUT2D eigenvalue weighted by atomic mass is 9.86. The average molecular weight is 1290 g/mol. The smallest absolute Gasteiger partial charge is 0.370 e. The zero-order chi connectivity index (χ0) is 64.9. The van der Waals surface area contributed by atoms with Gasteiger partial charge in [-0.15, -0.1) is 11.3 Å². The molecule has 0 bridgehead atoms. The van der Waals surface area contributed by atoms with Gasteiger partial charge in [0.15, 0.2) is 0 Å². The Labute approximate surface area is 518 Å². The summed E-state index contributed by atoms with van der Waals surface area (Å²) in [6.45, 7) is 7.60. The van der Waals surface area contributed by atoms with Crippen LogP contribution >= 0.6 is 18.9 Å². The van der Waals surface area contributed by atoms with Crippen LogP contribution in [0.5, 0.6) is 0 Å². The number of imide groups is 2. The molecule has 1 unspecified atom stereocenters. The van der Waals surface area contributed by atoms with E-state index < -0.39 is 134 Å². The molecule has 0 aliphatic carbocycles. The fraction of sp³-hybridized carbons (Fsp3) is 0.500. The van der Waals surface area contributed by atoms with E-state index in [1.54, 1.807) is 23.1 Å². The van der Waals surface area contributed by atoms with Crippen LogP contribution in [0.3, 0.4) is 0 Å². The highest BCUT2D eigenvalue weighted by Gasteiger charge is 2.51. The number of anilines is 1. The first-order valence-electron chi connectivity index (χ1n) is 29.7. The van der Waals surface area contributed by atoms with Crippen molar-refractivity contribution in [1.82, 2.24) is 45.8 Å². The molecule has 482 valence electrons. The Morgan fingerprint density at radius 3 is 2.13 bits per heavy atom. The Morgan fingerprint density at radius 2 is 1.48 bits per heavy atom. The number of amides is 10. The van der Waals surface area contributed by atoms with Crippen LogP contribution in [-0.2, 0) is 55.6 Å². The van der Waals surface area contributed by atoms with Crippen LogP contribution in [-0.4, -0.2) is 201 Å². The quantitative estimate of drug-likeness (QED) is 0.0403. The van der Waals surface area contributed by atoms with Crippen LogP contribution in [0.2, 0.25) is 0 Å². The molecule has 6 aliphatic heterocycles. The number of thiophene rings is 1. The molecule has 1 aromatic heterocycles. The second kappa shape index (κ2) is 25.9. The first-order chi connectivity index (χ1) is 42.4. The number of carbonyl (C=O) groups is 10. The largest absolute Gasteiger partial charge is 0.399 e. The predicted molar refractivity (Wildman–Crippen MR) is 318 cm³/mol. The number of hydrogen-bond acceptors (Lipinski definition) is 15. The average Bonchev–Trinajstić information content (AvgIpc) is 1.58. The Kier molecular flexibility index (Phi) is 18.8. The zero-order valence-corrected chi connectivity index (χ0v) is 51.2. The molecule has 6 atom stereocenters. The summed E-state index contributed by atoms with van der Waals surface area (Å²) < 4.78 is 69.1. The molecule has 6 aliphatic rings. The number of nitrogens with two attached hydrogens (primary N) is 1. The van der Waals surface area contributed by atoms with Crippen LogP contribution in [0, 0.1) is 0 Å². The molecule has 5 saturated heterocycles. The van der Waals surface area contributed by atoms with E-state index in [0.717, 1.165) is 40.0 Å². The molecule has 10 amide bonds. The van der Waals surface area contributed by atoms with E-state index in [9.17, 15) is 79.9 Å². The molecule has 10 rings (SSSR count). The molecular formula is C60H70F4N11O13PS. The van der Waals surface area contributed by atoms with Crippen LogP contribution in [0.1, 0.15) is 113 Å². The lowest BCUT2D eigenvalue weighted by Gasteiger charge is -2.49. The number of nitrogens with one attached hydrogen (secondary N) is 4. The van der Waals surface area contributed by atoms with Gasteiger partial charge in [0.25, 0.3) is 24.1 Å². The highest BCUT2D eigenvalue weighted by molar-refractivity contribution is 7.52. The Bertz CT molecular complexity index is 3590. The number of primary amides is 1. The fourth-order valence-electron chi connectivity index (χ4n) is 12.7. The molecule has 8 N–H and O–H groups in total. The van der Waals surface area contributed by atoms with Crippen LogP contribution in [0.4, 0.5) is 23.2 Å². The van der Waals surface area contributed by atoms with Crippen molar-refractivity contribution in [2.75, 3.05) is 63.8 Å². The molecule has 0 saturated carbocycles. The normalized spacial score (nSPS) is 22.2. The fourth-order valence-corrected chi connectivity index (χ4v) is 14.1. The van der Waals surface area contributed by atoms with Crippen molar-refractivity contribution in [3.8, 4) is 0 Å². The summed E-state index contributed by atoms with van der Waals surface area (Å²) in [6, 6.07) is 9.26. The van der Waals surface area contributed by atoms with Gasteiger partial charge >= 0.3 is 13.3 Å². The van der Waals surface area contributed by atoms with Crippen LogP contribution in [0.25, 0.3) is 10.1 Å². The van der Waals surface area contributed by atoms with Crippen molar-refractivity contribution < 1.29 is 79.9 Å². The molecule has 30 heteroatoms. The second-order valence-corrected chi connectivity index (χ2v) is 27.5. The minimum atomic E-state index is -5.94. The standard InChI is InChI=1S/C60H70F4N11O13PS/c1-59(2,3)34-6-4-32(5-7-34)24-42(57(84)72-22-20-71(21-23-72)38-28-73(29-38)37-9-11-39-40(27-37)56(83)75(55(39)82)45-14-17-50(77)69-53(45)80)67-51(78)41(12-16-49(65)76)66-52(79)44-13-10-36-18-19-70(31-48(61)62)30-43(58(85)74(36)44)68-54(81)47-26-33-25-35(8-15-46(33)90-47)60(63,64)89(86,87)88/h4-9,11,15,25-27,36,38,41-45,48H,10,12-14,16-24,28-31H2,1-3H3,(H2,65,76)(H,66,79)(H,67,78)(H,68,81)(H,69,77,80)(H2,86,87,88)/t36-,41+,42+,43+,44+,45?/m1/s1. The SMILES string of the molecule is CC(C)(C)c1ccc(C[C@H](NC(=O)[C@H](CCC(N)=O)NC(=O)[C@@H]2CC[C@@H]3CCN(CC(F)F)C[C@H](NC(=O)c4cc5cc(C(F)(F)P(=O)(O)O)ccc5s4)C(=O)N32)C(=O)N2CCN(C3CN(c4ccc5c(c4)C(=O)N(C4CCC(=O)NC4=O)C5=O)C3)CC2)cc1. The van der Waals surface area contributed by atoms with Gasteiger partial charge in [-0.2, -0.15) is 8.78 Å². The maximum atomic E-state index is 14.8. The number of fused-ring (bicyclic) bond motifs is 3. The van der Waals surface area contributed by atoms with Crippen molar-refractivity contribution in [2.45, 2.75) is 132 Å².